The number of hydrogen-bond donors (Lipinski definition) is 2. The number of carbonyl (C=O) groups excluding carboxylic acids is 2. The van der Waals surface area contributed by atoms with E-state index in [0.717, 1.165) is 30.5 Å². The molecule has 2 N–H and O–H groups in total. The Bertz CT molecular complexity index is 1830. The maximum atomic E-state index is 14.0. The van der Waals surface area contributed by atoms with Crippen LogP contribution in [0.2, 0.25) is 5.02 Å². The van der Waals surface area contributed by atoms with E-state index in [1.165, 1.54) is 36.6 Å². The zero-order valence-electron chi connectivity index (χ0n) is 26.9. The third-order valence-corrected chi connectivity index (χ3v) is 11.2. The number of aromatic nitrogens is 1. The molecule has 3 aromatic rings. The van der Waals surface area contributed by atoms with Gasteiger partial charge in [-0.25, -0.2) is 19.0 Å². The Morgan fingerprint density at radius 2 is 1.90 bits per heavy atom. The number of ether oxygens (including phenoxy) is 1. The predicted molar refractivity (Wildman–Crippen MR) is 183 cm³/mol. The van der Waals surface area contributed by atoms with Crippen LogP contribution in [-0.4, -0.2) is 89.6 Å². The molecule has 2 unspecified atom stereocenters. The number of hydrogen-bond acceptors (Lipinski definition) is 9. The number of carboxylic acids is 1. The first-order valence-corrected chi connectivity index (χ1v) is 17.6. The lowest BCUT2D eigenvalue weighted by Crippen LogP contribution is -2.53. The fourth-order valence-corrected chi connectivity index (χ4v) is 8.42. The Morgan fingerprint density at radius 1 is 1.12 bits per heavy atom. The van der Waals surface area contributed by atoms with Crippen LogP contribution in [0.5, 0.6) is 0 Å². The first kappa shape index (κ1) is 33.2. The molecule has 0 bridgehead atoms. The van der Waals surface area contributed by atoms with Crippen LogP contribution >= 0.6 is 22.9 Å². The molecule has 4 aliphatic rings. The molecule has 11 nitrogen and oxygen atoms in total. The standard InChI is InChI=1S/C35H36ClFN6O5S/c1-48-32(44)28-27(39-30(31-38-13-16-49-31)40-29(28)25-10-7-22(37)17-26(25)36)20-41-14-15-42-24(18-41)19-43(34(42)47)23-8-5-21(6-9-23)35(33(45)46)11-3-2-4-12-35/h5-10,13,16-17,24,29H,2-4,11-12,14-15,18-20H2,1H3,(H,39,40)(H,45,46). The molecule has 1 saturated carbocycles. The molecule has 1 aliphatic carbocycles. The van der Waals surface area contributed by atoms with E-state index >= 15 is 0 Å². The number of esters is 1. The Labute approximate surface area is 292 Å². The minimum Gasteiger partial charge on any atom is -0.481 e. The van der Waals surface area contributed by atoms with Gasteiger partial charge in [0.05, 0.1) is 24.1 Å². The number of amidine groups is 1. The van der Waals surface area contributed by atoms with Crippen LogP contribution in [0.15, 0.2) is 70.3 Å². The smallest absolute Gasteiger partial charge is 0.338 e. The normalized spacial score (nSPS) is 22.4. The molecule has 4 heterocycles. The van der Waals surface area contributed by atoms with Crippen LogP contribution in [0.25, 0.3) is 0 Å². The summed E-state index contributed by atoms with van der Waals surface area (Å²) in [5.74, 6) is -1.41. The van der Waals surface area contributed by atoms with Gasteiger partial charge in [0.25, 0.3) is 0 Å². The van der Waals surface area contributed by atoms with Gasteiger partial charge in [-0.15, -0.1) is 11.3 Å². The second kappa shape index (κ2) is 13.5. The molecular weight excluding hydrogens is 671 g/mol. The predicted octanol–water partition coefficient (Wildman–Crippen LogP) is 5.37. The number of nitrogens with zero attached hydrogens (tertiary/aromatic N) is 5. The minimum atomic E-state index is -0.875. The molecule has 2 aromatic carbocycles. The number of thiazole rings is 1. The Kier molecular flexibility index (Phi) is 9.16. The molecular formula is C35H36ClFN6O5S. The van der Waals surface area contributed by atoms with Gasteiger partial charge in [0.1, 0.15) is 11.9 Å². The lowest BCUT2D eigenvalue weighted by atomic mass is 9.69. The number of aliphatic imine (C=N–C) groups is 1. The van der Waals surface area contributed by atoms with Crippen molar-refractivity contribution in [3.05, 3.63) is 92.3 Å². The molecule has 14 heteroatoms. The molecule has 2 saturated heterocycles. The Hall–Kier alpha value is -4.33. The topological polar surface area (TPSA) is 128 Å². The molecule has 2 amide bonds. The molecule has 0 radical (unpaired) electrons. The van der Waals surface area contributed by atoms with Crippen LogP contribution < -0.4 is 10.2 Å². The fourth-order valence-electron chi connectivity index (χ4n) is 7.56. The highest BCUT2D eigenvalue weighted by Crippen LogP contribution is 2.41. The van der Waals surface area contributed by atoms with E-state index in [9.17, 15) is 23.9 Å². The van der Waals surface area contributed by atoms with Crippen LogP contribution in [0.1, 0.15) is 54.3 Å². The molecule has 2 atom stereocenters. The average Bonchev–Trinajstić information content (AvgIpc) is 3.76. The second-order valence-electron chi connectivity index (χ2n) is 12.9. The maximum Gasteiger partial charge on any atom is 0.338 e. The van der Waals surface area contributed by atoms with Crippen molar-refractivity contribution in [2.24, 2.45) is 4.99 Å². The zero-order valence-corrected chi connectivity index (χ0v) is 28.5. The summed E-state index contributed by atoms with van der Waals surface area (Å²) < 4.78 is 19.2. The van der Waals surface area contributed by atoms with E-state index in [-0.39, 0.29) is 22.7 Å². The van der Waals surface area contributed by atoms with Gasteiger partial charge in [0, 0.05) is 66.3 Å². The van der Waals surface area contributed by atoms with E-state index in [4.69, 9.17) is 21.3 Å². The van der Waals surface area contributed by atoms with Gasteiger partial charge in [0.2, 0.25) is 0 Å². The third kappa shape index (κ3) is 6.19. The summed E-state index contributed by atoms with van der Waals surface area (Å²) in [5, 5.41) is 16.0. The van der Waals surface area contributed by atoms with Crippen molar-refractivity contribution in [3.63, 3.8) is 0 Å². The van der Waals surface area contributed by atoms with Crippen molar-refractivity contribution >= 4 is 52.4 Å². The fraction of sp³-hybridized carbons (Fsp3) is 0.400. The highest BCUT2D eigenvalue weighted by atomic mass is 35.5. The first-order chi connectivity index (χ1) is 23.7. The number of rotatable bonds is 8. The number of amides is 2. The largest absolute Gasteiger partial charge is 0.481 e. The second-order valence-corrected chi connectivity index (χ2v) is 14.2. The van der Waals surface area contributed by atoms with Gasteiger partial charge in [-0.05, 0) is 42.7 Å². The third-order valence-electron chi connectivity index (χ3n) is 10.1. The molecule has 1 aromatic heterocycles. The molecule has 49 heavy (non-hydrogen) atoms. The van der Waals surface area contributed by atoms with Crippen molar-refractivity contribution in [1.82, 2.24) is 20.1 Å². The summed E-state index contributed by atoms with van der Waals surface area (Å²) in [5.41, 5.74) is 1.94. The van der Waals surface area contributed by atoms with Crippen molar-refractivity contribution in [3.8, 4) is 0 Å². The van der Waals surface area contributed by atoms with Gasteiger partial charge < -0.3 is 20.1 Å². The van der Waals surface area contributed by atoms with Crippen LogP contribution in [0.4, 0.5) is 14.9 Å². The summed E-state index contributed by atoms with van der Waals surface area (Å²) in [6.45, 7) is 2.39. The summed E-state index contributed by atoms with van der Waals surface area (Å²) in [6.07, 6.45) is 5.73. The van der Waals surface area contributed by atoms with Crippen molar-refractivity contribution in [2.75, 3.05) is 44.7 Å². The van der Waals surface area contributed by atoms with E-state index in [0.29, 0.717) is 67.7 Å². The van der Waals surface area contributed by atoms with Gasteiger partial charge in [0.15, 0.2) is 10.8 Å². The van der Waals surface area contributed by atoms with Crippen molar-refractivity contribution in [1.29, 1.82) is 0 Å². The van der Waals surface area contributed by atoms with Gasteiger partial charge in [-0.2, -0.15) is 0 Å². The van der Waals surface area contributed by atoms with Gasteiger partial charge >= 0.3 is 18.0 Å². The summed E-state index contributed by atoms with van der Waals surface area (Å²) in [7, 11) is 1.30. The molecule has 3 aliphatic heterocycles. The number of fused-ring (bicyclic) bond motifs is 1. The summed E-state index contributed by atoms with van der Waals surface area (Å²) >= 11 is 7.89. The number of urea groups is 1. The summed E-state index contributed by atoms with van der Waals surface area (Å²) in [6, 6.07) is 10.4. The number of halogens is 2. The SMILES string of the molecule is COC(=O)C1=C(CN2CCN3C(=O)N(c4ccc(C5(C(=O)O)CCCCC5)cc4)CC3C2)NC(c2nccs2)=NC1c1ccc(F)cc1Cl. The Morgan fingerprint density at radius 3 is 2.57 bits per heavy atom. The monoisotopic (exact) mass is 706 g/mol. The van der Waals surface area contributed by atoms with Gasteiger partial charge in [-0.1, -0.05) is 49.1 Å². The number of nitrogens with one attached hydrogen (secondary N) is 1. The maximum absolute atomic E-state index is 14.0. The van der Waals surface area contributed by atoms with E-state index in [2.05, 4.69) is 15.2 Å². The quantitative estimate of drug-likeness (QED) is 0.300. The van der Waals surface area contributed by atoms with E-state index < -0.39 is 29.2 Å². The lowest BCUT2D eigenvalue weighted by molar-refractivity contribution is -0.145. The number of methoxy groups -OCH3 is 1. The number of benzene rings is 2. The average molecular weight is 707 g/mol. The lowest BCUT2D eigenvalue weighted by Gasteiger charge is -2.38. The van der Waals surface area contributed by atoms with Crippen LogP contribution in [0, 0.1) is 5.82 Å². The molecule has 0 spiro atoms. The minimum absolute atomic E-state index is 0.0857. The number of anilines is 1. The molecule has 3 fully saturated rings. The number of carboxylic acid groups (broad SMARTS) is 1. The van der Waals surface area contributed by atoms with Crippen LogP contribution in [0.3, 0.4) is 0 Å². The zero-order chi connectivity index (χ0) is 34.3. The molecule has 256 valence electrons. The highest BCUT2D eigenvalue weighted by molar-refractivity contribution is 7.11. The highest BCUT2D eigenvalue weighted by Gasteiger charge is 2.44. The number of piperazine rings is 1. The van der Waals surface area contributed by atoms with E-state index in [1.54, 1.807) is 11.1 Å². The number of carbonyl (C=O) groups is 3. The summed E-state index contributed by atoms with van der Waals surface area (Å²) in [4.78, 5) is 54.3. The van der Waals surface area contributed by atoms with Crippen molar-refractivity contribution in [2.45, 2.75) is 49.6 Å². The van der Waals surface area contributed by atoms with Crippen LogP contribution in [-0.2, 0) is 19.7 Å². The first-order valence-electron chi connectivity index (χ1n) is 16.3. The molecule has 7 rings (SSSR count). The van der Waals surface area contributed by atoms with Gasteiger partial charge in [-0.3, -0.25) is 19.6 Å². The van der Waals surface area contributed by atoms with Crippen molar-refractivity contribution < 1.29 is 28.6 Å². The van der Waals surface area contributed by atoms with E-state index in [1.807, 2.05) is 34.5 Å². The Balaban J connectivity index is 1.13. The number of aliphatic carboxylic acids is 1.